The van der Waals surface area contributed by atoms with Gasteiger partial charge < -0.3 is 9.84 Å². The van der Waals surface area contributed by atoms with Crippen molar-refractivity contribution in [2.75, 3.05) is 6.61 Å². The standard InChI is InChI=1S/C9H8F3IO2/c1-2-15-5-3-6(9(10,11)12)8(14)7(13)4-5/h3-4,14H,2H2,1H3. The monoisotopic (exact) mass is 332 g/mol. The van der Waals surface area contributed by atoms with Crippen molar-refractivity contribution in [3.8, 4) is 11.5 Å². The molecular weight excluding hydrogens is 324 g/mol. The number of ether oxygens (including phenoxy) is 1. The van der Waals surface area contributed by atoms with Crippen molar-refractivity contribution in [2.24, 2.45) is 0 Å². The zero-order chi connectivity index (χ0) is 11.6. The third kappa shape index (κ3) is 2.90. The van der Waals surface area contributed by atoms with E-state index in [0.717, 1.165) is 6.07 Å². The molecule has 0 amide bonds. The van der Waals surface area contributed by atoms with Gasteiger partial charge in [-0.25, -0.2) is 0 Å². The molecule has 1 aromatic rings. The van der Waals surface area contributed by atoms with E-state index in [1.807, 2.05) is 0 Å². The molecule has 0 saturated carbocycles. The van der Waals surface area contributed by atoms with Crippen molar-refractivity contribution < 1.29 is 23.0 Å². The Hall–Kier alpha value is -0.660. The number of phenols is 1. The topological polar surface area (TPSA) is 29.5 Å². The molecule has 0 bridgehead atoms. The van der Waals surface area contributed by atoms with Gasteiger partial charge in [0.1, 0.15) is 17.1 Å². The molecule has 0 atom stereocenters. The van der Waals surface area contributed by atoms with Gasteiger partial charge in [0.05, 0.1) is 10.2 Å². The lowest BCUT2D eigenvalue weighted by Crippen LogP contribution is -2.07. The Kier molecular flexibility index (Phi) is 3.69. The molecule has 0 radical (unpaired) electrons. The molecule has 1 rings (SSSR count). The fraction of sp³-hybridized carbons (Fsp3) is 0.333. The molecule has 0 aromatic heterocycles. The van der Waals surface area contributed by atoms with E-state index in [1.165, 1.54) is 6.07 Å². The molecule has 2 nitrogen and oxygen atoms in total. The van der Waals surface area contributed by atoms with Crippen LogP contribution in [0, 0.1) is 3.57 Å². The van der Waals surface area contributed by atoms with Gasteiger partial charge in [0, 0.05) is 0 Å². The molecular formula is C9H8F3IO2. The minimum Gasteiger partial charge on any atom is -0.506 e. The van der Waals surface area contributed by atoms with Crippen molar-refractivity contribution in [1.29, 1.82) is 0 Å². The SMILES string of the molecule is CCOc1cc(I)c(O)c(C(F)(F)F)c1. The van der Waals surface area contributed by atoms with E-state index in [4.69, 9.17) is 4.74 Å². The van der Waals surface area contributed by atoms with Gasteiger partial charge in [-0.05, 0) is 41.6 Å². The third-order valence-electron chi connectivity index (χ3n) is 1.65. The lowest BCUT2D eigenvalue weighted by Gasteiger charge is -2.12. The molecule has 0 aliphatic carbocycles. The number of benzene rings is 1. The van der Waals surface area contributed by atoms with Crippen LogP contribution in [0.4, 0.5) is 13.2 Å². The van der Waals surface area contributed by atoms with Crippen molar-refractivity contribution >= 4 is 22.6 Å². The molecule has 0 heterocycles. The zero-order valence-corrected chi connectivity index (χ0v) is 9.89. The molecule has 84 valence electrons. The van der Waals surface area contributed by atoms with Gasteiger partial charge >= 0.3 is 6.18 Å². The number of hydrogen-bond donors (Lipinski definition) is 1. The van der Waals surface area contributed by atoms with Crippen LogP contribution < -0.4 is 4.74 Å². The van der Waals surface area contributed by atoms with E-state index in [0.29, 0.717) is 0 Å². The lowest BCUT2D eigenvalue weighted by molar-refractivity contribution is -0.138. The lowest BCUT2D eigenvalue weighted by atomic mass is 10.2. The van der Waals surface area contributed by atoms with E-state index in [2.05, 4.69) is 0 Å². The van der Waals surface area contributed by atoms with Crippen LogP contribution in [0.2, 0.25) is 0 Å². The van der Waals surface area contributed by atoms with Gasteiger partial charge in [-0.3, -0.25) is 0 Å². The zero-order valence-electron chi connectivity index (χ0n) is 7.73. The second-order valence-electron chi connectivity index (χ2n) is 2.73. The van der Waals surface area contributed by atoms with Crippen molar-refractivity contribution in [3.63, 3.8) is 0 Å². The van der Waals surface area contributed by atoms with E-state index in [9.17, 15) is 18.3 Å². The summed E-state index contributed by atoms with van der Waals surface area (Å²) in [5.74, 6) is -0.654. The van der Waals surface area contributed by atoms with Crippen LogP contribution >= 0.6 is 22.6 Å². The molecule has 0 fully saturated rings. The van der Waals surface area contributed by atoms with Crippen LogP contribution in [0.1, 0.15) is 12.5 Å². The summed E-state index contributed by atoms with van der Waals surface area (Å²) in [6, 6.07) is 2.15. The van der Waals surface area contributed by atoms with Crippen LogP contribution in [0.3, 0.4) is 0 Å². The highest BCUT2D eigenvalue weighted by Gasteiger charge is 2.35. The van der Waals surface area contributed by atoms with Crippen LogP contribution in [0.15, 0.2) is 12.1 Å². The average molecular weight is 332 g/mol. The molecule has 0 saturated heterocycles. The highest BCUT2D eigenvalue weighted by molar-refractivity contribution is 14.1. The maximum Gasteiger partial charge on any atom is 0.420 e. The highest BCUT2D eigenvalue weighted by atomic mass is 127. The predicted molar refractivity (Wildman–Crippen MR) is 57.0 cm³/mol. The van der Waals surface area contributed by atoms with Crippen molar-refractivity contribution in [3.05, 3.63) is 21.3 Å². The molecule has 0 aliphatic heterocycles. The van der Waals surface area contributed by atoms with E-state index in [-0.39, 0.29) is 15.9 Å². The van der Waals surface area contributed by atoms with Crippen LogP contribution in [0.5, 0.6) is 11.5 Å². The first-order valence-corrected chi connectivity index (χ1v) is 5.16. The van der Waals surface area contributed by atoms with Gasteiger partial charge in [0.15, 0.2) is 0 Å². The molecule has 1 aromatic carbocycles. The molecule has 6 heteroatoms. The minimum atomic E-state index is -4.57. The Labute approximate surface area is 98.2 Å². The van der Waals surface area contributed by atoms with Crippen LogP contribution in [0.25, 0.3) is 0 Å². The maximum atomic E-state index is 12.4. The molecule has 15 heavy (non-hydrogen) atoms. The van der Waals surface area contributed by atoms with Gasteiger partial charge in [-0.15, -0.1) is 0 Å². The predicted octanol–water partition coefficient (Wildman–Crippen LogP) is 3.41. The van der Waals surface area contributed by atoms with Crippen molar-refractivity contribution in [1.82, 2.24) is 0 Å². The first-order chi connectivity index (χ1) is 6.86. The first-order valence-electron chi connectivity index (χ1n) is 4.08. The van der Waals surface area contributed by atoms with Gasteiger partial charge in [0.25, 0.3) is 0 Å². The summed E-state index contributed by atoms with van der Waals surface area (Å²) >= 11 is 1.63. The number of hydrogen-bond acceptors (Lipinski definition) is 2. The Morgan fingerprint density at radius 1 is 1.40 bits per heavy atom. The summed E-state index contributed by atoms with van der Waals surface area (Å²) in [5, 5.41) is 9.24. The normalized spacial score (nSPS) is 11.5. The fourth-order valence-corrected chi connectivity index (χ4v) is 1.64. The summed E-state index contributed by atoms with van der Waals surface area (Å²) < 4.78 is 42.4. The Morgan fingerprint density at radius 2 is 2.00 bits per heavy atom. The molecule has 0 unspecified atom stereocenters. The number of halogens is 4. The van der Waals surface area contributed by atoms with E-state index < -0.39 is 17.5 Å². The molecule has 0 spiro atoms. The fourth-order valence-electron chi connectivity index (χ4n) is 1.04. The number of aromatic hydroxyl groups is 1. The second-order valence-corrected chi connectivity index (χ2v) is 3.89. The summed E-state index contributed by atoms with van der Waals surface area (Å²) in [6.45, 7) is 1.95. The Balaban J connectivity index is 3.25. The summed E-state index contributed by atoms with van der Waals surface area (Å²) in [6.07, 6.45) is -4.57. The Morgan fingerprint density at radius 3 is 2.47 bits per heavy atom. The summed E-state index contributed by atoms with van der Waals surface area (Å²) in [7, 11) is 0. The van der Waals surface area contributed by atoms with E-state index >= 15 is 0 Å². The number of alkyl halides is 3. The summed E-state index contributed by atoms with van der Waals surface area (Å²) in [5.41, 5.74) is -1.07. The smallest absolute Gasteiger partial charge is 0.420 e. The van der Waals surface area contributed by atoms with Gasteiger partial charge in [0.2, 0.25) is 0 Å². The molecule has 1 N–H and O–H groups in total. The van der Waals surface area contributed by atoms with E-state index in [1.54, 1.807) is 29.5 Å². The number of rotatable bonds is 2. The summed E-state index contributed by atoms with van der Waals surface area (Å²) in [4.78, 5) is 0. The molecule has 0 aliphatic rings. The van der Waals surface area contributed by atoms with Gasteiger partial charge in [-0.1, -0.05) is 0 Å². The van der Waals surface area contributed by atoms with Gasteiger partial charge in [-0.2, -0.15) is 13.2 Å². The highest BCUT2D eigenvalue weighted by Crippen LogP contribution is 2.40. The Bertz CT molecular complexity index is 363. The minimum absolute atomic E-state index is 0.104. The largest absolute Gasteiger partial charge is 0.506 e. The third-order valence-corrected chi connectivity index (χ3v) is 2.48. The maximum absolute atomic E-state index is 12.4. The van der Waals surface area contributed by atoms with Crippen molar-refractivity contribution in [2.45, 2.75) is 13.1 Å². The number of phenolic OH excluding ortho intramolecular Hbond substituents is 1. The van der Waals surface area contributed by atoms with Crippen LogP contribution in [-0.4, -0.2) is 11.7 Å². The second kappa shape index (κ2) is 4.46. The first kappa shape index (κ1) is 12.4. The quantitative estimate of drug-likeness (QED) is 0.841. The average Bonchev–Trinajstić information content (AvgIpc) is 2.09. The van der Waals surface area contributed by atoms with Crippen LogP contribution in [-0.2, 0) is 6.18 Å².